The molecule has 2 aromatic rings. The molecule has 0 unspecified atom stereocenters. The molecule has 0 aromatic heterocycles. The summed E-state index contributed by atoms with van der Waals surface area (Å²) in [6.07, 6.45) is 0. The van der Waals surface area contributed by atoms with Crippen LogP contribution in [0.2, 0.25) is 0 Å². The lowest BCUT2D eigenvalue weighted by atomic mass is 10.00. The highest BCUT2D eigenvalue weighted by atomic mass is 16.4. The second-order valence-corrected chi connectivity index (χ2v) is 4.83. The first kappa shape index (κ1) is 13.1. The lowest BCUT2D eigenvalue weighted by molar-refractivity contribution is 0.0697. The number of aromatic carboxylic acids is 1. The van der Waals surface area contributed by atoms with Crippen LogP contribution >= 0.6 is 0 Å². The Morgan fingerprint density at radius 3 is 2.16 bits per heavy atom. The van der Waals surface area contributed by atoms with E-state index in [1.165, 1.54) is 0 Å². The van der Waals surface area contributed by atoms with Crippen molar-refractivity contribution in [2.75, 3.05) is 19.0 Å². The van der Waals surface area contributed by atoms with Crippen LogP contribution in [-0.4, -0.2) is 25.2 Å². The number of hydrogen-bond acceptors (Lipinski definition) is 2. The Kier molecular flexibility index (Phi) is 3.56. The SMILES string of the molecule is Cc1cc(C(=O)O)cc(-c2ccc(N(C)C)cc2)c1. The number of carboxylic acids is 1. The summed E-state index contributed by atoms with van der Waals surface area (Å²) in [6, 6.07) is 13.5. The average Bonchev–Trinajstić information content (AvgIpc) is 2.38. The van der Waals surface area contributed by atoms with Crippen LogP contribution in [0.25, 0.3) is 11.1 Å². The van der Waals surface area contributed by atoms with Gasteiger partial charge in [0.25, 0.3) is 0 Å². The summed E-state index contributed by atoms with van der Waals surface area (Å²) in [7, 11) is 3.98. The van der Waals surface area contributed by atoms with Gasteiger partial charge in [-0.3, -0.25) is 0 Å². The minimum Gasteiger partial charge on any atom is -0.478 e. The number of benzene rings is 2. The van der Waals surface area contributed by atoms with Crippen molar-refractivity contribution in [1.82, 2.24) is 0 Å². The predicted molar refractivity (Wildman–Crippen MR) is 77.9 cm³/mol. The maximum absolute atomic E-state index is 11.1. The molecule has 2 rings (SSSR count). The molecule has 1 N–H and O–H groups in total. The van der Waals surface area contributed by atoms with Gasteiger partial charge < -0.3 is 10.0 Å². The molecule has 0 bridgehead atoms. The molecule has 0 fully saturated rings. The van der Waals surface area contributed by atoms with E-state index in [0.717, 1.165) is 22.4 Å². The molecule has 2 aromatic carbocycles. The van der Waals surface area contributed by atoms with Crippen LogP contribution in [0.3, 0.4) is 0 Å². The average molecular weight is 255 g/mol. The predicted octanol–water partition coefficient (Wildman–Crippen LogP) is 3.43. The van der Waals surface area contributed by atoms with E-state index in [0.29, 0.717) is 5.56 Å². The zero-order chi connectivity index (χ0) is 14.0. The van der Waals surface area contributed by atoms with Crippen LogP contribution < -0.4 is 4.90 Å². The Balaban J connectivity index is 2.43. The summed E-state index contributed by atoms with van der Waals surface area (Å²) in [5.41, 5.74) is 4.35. The van der Waals surface area contributed by atoms with Crippen molar-refractivity contribution in [2.45, 2.75) is 6.92 Å². The van der Waals surface area contributed by atoms with E-state index in [-0.39, 0.29) is 0 Å². The number of hydrogen-bond donors (Lipinski definition) is 1. The van der Waals surface area contributed by atoms with Crippen molar-refractivity contribution in [3.05, 3.63) is 53.6 Å². The first-order valence-corrected chi connectivity index (χ1v) is 6.10. The van der Waals surface area contributed by atoms with Crippen LogP contribution in [0.15, 0.2) is 42.5 Å². The molecule has 0 aliphatic heterocycles. The maximum Gasteiger partial charge on any atom is 0.335 e. The van der Waals surface area contributed by atoms with Crippen LogP contribution in [0, 0.1) is 6.92 Å². The minimum absolute atomic E-state index is 0.326. The largest absolute Gasteiger partial charge is 0.478 e. The van der Waals surface area contributed by atoms with Crippen molar-refractivity contribution >= 4 is 11.7 Å². The van der Waals surface area contributed by atoms with E-state index in [1.54, 1.807) is 12.1 Å². The molecular weight excluding hydrogens is 238 g/mol. The zero-order valence-corrected chi connectivity index (χ0v) is 11.3. The number of carbonyl (C=O) groups is 1. The van der Waals surface area contributed by atoms with Gasteiger partial charge in [-0.1, -0.05) is 18.2 Å². The molecule has 0 atom stereocenters. The molecule has 0 aliphatic carbocycles. The Hall–Kier alpha value is -2.29. The van der Waals surface area contributed by atoms with Crippen molar-refractivity contribution < 1.29 is 9.90 Å². The molecule has 0 radical (unpaired) electrons. The molecule has 3 nitrogen and oxygen atoms in total. The highest BCUT2D eigenvalue weighted by molar-refractivity contribution is 5.89. The van der Waals surface area contributed by atoms with Gasteiger partial charge in [0.2, 0.25) is 0 Å². The van der Waals surface area contributed by atoms with Gasteiger partial charge >= 0.3 is 5.97 Å². The normalized spacial score (nSPS) is 10.3. The first-order valence-electron chi connectivity index (χ1n) is 6.10. The van der Waals surface area contributed by atoms with Gasteiger partial charge in [-0.15, -0.1) is 0 Å². The molecule has 19 heavy (non-hydrogen) atoms. The van der Waals surface area contributed by atoms with Crippen LogP contribution in [0.1, 0.15) is 15.9 Å². The van der Waals surface area contributed by atoms with Crippen molar-refractivity contribution in [3.8, 4) is 11.1 Å². The van der Waals surface area contributed by atoms with Gasteiger partial charge in [0.1, 0.15) is 0 Å². The van der Waals surface area contributed by atoms with Crippen molar-refractivity contribution in [2.24, 2.45) is 0 Å². The zero-order valence-electron chi connectivity index (χ0n) is 11.3. The summed E-state index contributed by atoms with van der Waals surface area (Å²) >= 11 is 0. The summed E-state index contributed by atoms with van der Waals surface area (Å²) in [5, 5.41) is 9.09. The Morgan fingerprint density at radius 1 is 1.00 bits per heavy atom. The van der Waals surface area contributed by atoms with E-state index >= 15 is 0 Å². The van der Waals surface area contributed by atoms with E-state index in [1.807, 2.05) is 56.3 Å². The number of nitrogens with zero attached hydrogens (tertiary/aromatic N) is 1. The lowest BCUT2D eigenvalue weighted by Crippen LogP contribution is -2.07. The topological polar surface area (TPSA) is 40.5 Å². The van der Waals surface area contributed by atoms with E-state index in [9.17, 15) is 4.79 Å². The molecule has 0 amide bonds. The molecule has 0 spiro atoms. The maximum atomic E-state index is 11.1. The van der Waals surface area contributed by atoms with Gasteiger partial charge in [0.05, 0.1) is 5.56 Å². The Labute approximate surface area is 113 Å². The second kappa shape index (κ2) is 5.14. The second-order valence-electron chi connectivity index (χ2n) is 4.83. The molecule has 0 saturated carbocycles. The van der Waals surface area contributed by atoms with E-state index in [2.05, 4.69) is 0 Å². The number of rotatable bonds is 3. The molecule has 0 heterocycles. The lowest BCUT2D eigenvalue weighted by Gasteiger charge is -2.13. The quantitative estimate of drug-likeness (QED) is 0.913. The van der Waals surface area contributed by atoms with E-state index in [4.69, 9.17) is 5.11 Å². The number of carboxylic acid groups (broad SMARTS) is 1. The van der Waals surface area contributed by atoms with Crippen molar-refractivity contribution in [3.63, 3.8) is 0 Å². The minimum atomic E-state index is -0.894. The van der Waals surface area contributed by atoms with Gasteiger partial charge in [-0.25, -0.2) is 4.79 Å². The third-order valence-corrected chi connectivity index (χ3v) is 3.04. The number of anilines is 1. The molecule has 98 valence electrons. The Bertz CT molecular complexity index is 601. The summed E-state index contributed by atoms with van der Waals surface area (Å²) in [6.45, 7) is 1.91. The smallest absolute Gasteiger partial charge is 0.335 e. The third-order valence-electron chi connectivity index (χ3n) is 3.04. The standard InChI is InChI=1S/C16H17NO2/c1-11-8-13(10-14(9-11)16(18)19)12-4-6-15(7-5-12)17(2)3/h4-10H,1-3H3,(H,18,19). The van der Waals surface area contributed by atoms with Gasteiger partial charge in [0, 0.05) is 19.8 Å². The first-order chi connectivity index (χ1) is 8.97. The summed E-state index contributed by atoms with van der Waals surface area (Å²) < 4.78 is 0. The summed E-state index contributed by atoms with van der Waals surface area (Å²) in [5.74, 6) is -0.894. The molecule has 0 saturated heterocycles. The summed E-state index contributed by atoms with van der Waals surface area (Å²) in [4.78, 5) is 13.1. The monoisotopic (exact) mass is 255 g/mol. The highest BCUT2D eigenvalue weighted by Crippen LogP contribution is 2.24. The van der Waals surface area contributed by atoms with Crippen LogP contribution in [0.5, 0.6) is 0 Å². The van der Waals surface area contributed by atoms with Crippen molar-refractivity contribution in [1.29, 1.82) is 0 Å². The molecule has 3 heteroatoms. The Morgan fingerprint density at radius 2 is 1.63 bits per heavy atom. The molecular formula is C16H17NO2. The van der Waals surface area contributed by atoms with Crippen LogP contribution in [0.4, 0.5) is 5.69 Å². The van der Waals surface area contributed by atoms with Gasteiger partial charge in [-0.05, 0) is 47.9 Å². The highest BCUT2D eigenvalue weighted by Gasteiger charge is 2.07. The molecule has 0 aliphatic rings. The third kappa shape index (κ3) is 2.94. The fourth-order valence-corrected chi connectivity index (χ4v) is 2.03. The van der Waals surface area contributed by atoms with E-state index < -0.39 is 5.97 Å². The van der Waals surface area contributed by atoms with Gasteiger partial charge in [-0.2, -0.15) is 0 Å². The van der Waals surface area contributed by atoms with Gasteiger partial charge in [0.15, 0.2) is 0 Å². The fraction of sp³-hybridized carbons (Fsp3) is 0.188. The van der Waals surface area contributed by atoms with Crippen LogP contribution in [-0.2, 0) is 0 Å². The number of aryl methyl sites for hydroxylation is 1. The fourth-order valence-electron chi connectivity index (χ4n) is 2.03.